The Labute approximate surface area is 199 Å². The first-order valence-corrected chi connectivity index (χ1v) is 13.0. The molecule has 6 nitrogen and oxygen atoms in total. The summed E-state index contributed by atoms with van der Waals surface area (Å²) < 4.78 is 5.49. The number of allylic oxidation sites excluding steroid dienone is 2. The van der Waals surface area contributed by atoms with E-state index in [2.05, 4.69) is 22.5 Å². The van der Waals surface area contributed by atoms with Crippen molar-refractivity contribution >= 4 is 23.0 Å². The summed E-state index contributed by atoms with van der Waals surface area (Å²) in [4.78, 5) is 36.5. The van der Waals surface area contributed by atoms with Gasteiger partial charge in [-0.3, -0.25) is 4.79 Å². The van der Waals surface area contributed by atoms with E-state index in [1.807, 2.05) is 20.8 Å². The molecule has 0 bridgehead atoms. The SMILES string of the molecule is CC(C)(C)OC(=O)N1CCc2nc(C3(c4cc(C5=CCCCCC5)cs4)CC3)[nH]c(=O)c2C1. The summed E-state index contributed by atoms with van der Waals surface area (Å²) in [5, 5.41) is 2.28. The van der Waals surface area contributed by atoms with Crippen LogP contribution >= 0.6 is 11.3 Å². The van der Waals surface area contributed by atoms with E-state index >= 15 is 0 Å². The number of hydrogen-bond acceptors (Lipinski definition) is 5. The van der Waals surface area contributed by atoms with E-state index in [0.717, 1.165) is 30.8 Å². The van der Waals surface area contributed by atoms with E-state index in [4.69, 9.17) is 9.72 Å². The molecule has 0 radical (unpaired) electrons. The van der Waals surface area contributed by atoms with E-state index < -0.39 is 5.60 Å². The van der Waals surface area contributed by atoms with Crippen molar-refractivity contribution in [3.05, 3.63) is 55.4 Å². The summed E-state index contributed by atoms with van der Waals surface area (Å²) in [6, 6.07) is 2.33. The highest BCUT2D eigenvalue weighted by atomic mass is 32.1. The van der Waals surface area contributed by atoms with Crippen LogP contribution in [0.2, 0.25) is 0 Å². The summed E-state index contributed by atoms with van der Waals surface area (Å²) in [7, 11) is 0. The molecule has 0 atom stereocenters. The fourth-order valence-electron chi connectivity index (χ4n) is 4.89. The van der Waals surface area contributed by atoms with Gasteiger partial charge in [0.1, 0.15) is 11.4 Å². The Hall–Kier alpha value is -2.41. The number of H-pyrrole nitrogens is 1. The lowest BCUT2D eigenvalue weighted by atomic mass is 9.98. The second-order valence-corrected chi connectivity index (χ2v) is 11.5. The van der Waals surface area contributed by atoms with E-state index in [0.29, 0.717) is 18.5 Å². The van der Waals surface area contributed by atoms with Crippen molar-refractivity contribution < 1.29 is 9.53 Å². The second kappa shape index (κ2) is 8.42. The summed E-state index contributed by atoms with van der Waals surface area (Å²) in [5.74, 6) is 0.792. The Balaban J connectivity index is 1.38. The van der Waals surface area contributed by atoms with E-state index in [-0.39, 0.29) is 23.6 Å². The number of aromatic nitrogens is 2. The van der Waals surface area contributed by atoms with Crippen LogP contribution < -0.4 is 5.56 Å². The fraction of sp³-hybridized carbons (Fsp3) is 0.577. The lowest BCUT2D eigenvalue weighted by Crippen LogP contribution is -2.42. The van der Waals surface area contributed by atoms with Crippen molar-refractivity contribution in [2.45, 2.75) is 89.7 Å². The van der Waals surface area contributed by atoms with E-state index in [9.17, 15) is 9.59 Å². The smallest absolute Gasteiger partial charge is 0.410 e. The highest BCUT2D eigenvalue weighted by Gasteiger charge is 2.50. The quantitative estimate of drug-likeness (QED) is 0.642. The molecule has 2 aromatic heterocycles. The number of hydrogen-bond donors (Lipinski definition) is 1. The van der Waals surface area contributed by atoms with Crippen LogP contribution in [0.3, 0.4) is 0 Å². The molecule has 2 aromatic rings. The number of thiophene rings is 1. The maximum absolute atomic E-state index is 13.1. The molecule has 2 aliphatic carbocycles. The minimum Gasteiger partial charge on any atom is -0.444 e. The van der Waals surface area contributed by atoms with Gasteiger partial charge < -0.3 is 14.6 Å². The first-order valence-electron chi connectivity index (χ1n) is 12.1. The average Bonchev–Trinajstić information content (AvgIpc) is 3.50. The lowest BCUT2D eigenvalue weighted by molar-refractivity contribution is 0.0221. The molecule has 33 heavy (non-hydrogen) atoms. The molecule has 5 rings (SSSR count). The Morgan fingerprint density at radius 3 is 2.79 bits per heavy atom. The van der Waals surface area contributed by atoms with Crippen molar-refractivity contribution in [2.75, 3.05) is 6.54 Å². The van der Waals surface area contributed by atoms with Crippen LogP contribution in [0.5, 0.6) is 0 Å². The van der Waals surface area contributed by atoms with Gasteiger partial charge in [-0.1, -0.05) is 12.5 Å². The minimum absolute atomic E-state index is 0.127. The van der Waals surface area contributed by atoms with Crippen LogP contribution in [0.1, 0.15) is 93.2 Å². The van der Waals surface area contributed by atoms with Crippen molar-refractivity contribution in [1.82, 2.24) is 14.9 Å². The van der Waals surface area contributed by atoms with Crippen LogP contribution in [0.4, 0.5) is 4.79 Å². The second-order valence-electron chi connectivity index (χ2n) is 10.6. The van der Waals surface area contributed by atoms with Gasteiger partial charge in [-0.2, -0.15) is 0 Å². The molecule has 3 aliphatic rings. The third-order valence-electron chi connectivity index (χ3n) is 6.91. The van der Waals surface area contributed by atoms with Gasteiger partial charge in [0.25, 0.3) is 5.56 Å². The number of carbonyl (C=O) groups excluding carboxylic acids is 1. The van der Waals surface area contributed by atoms with Gasteiger partial charge in [0.05, 0.1) is 23.2 Å². The summed E-state index contributed by atoms with van der Waals surface area (Å²) in [6.45, 7) is 6.31. The van der Waals surface area contributed by atoms with Crippen LogP contribution in [0, 0.1) is 0 Å². The van der Waals surface area contributed by atoms with E-state index in [1.54, 1.807) is 16.2 Å². The van der Waals surface area contributed by atoms with E-state index in [1.165, 1.54) is 41.7 Å². The zero-order valence-corrected chi connectivity index (χ0v) is 20.6. The Kier molecular flexibility index (Phi) is 5.71. The zero-order chi connectivity index (χ0) is 23.2. The van der Waals surface area contributed by atoms with Crippen LogP contribution in [-0.4, -0.2) is 33.1 Å². The molecule has 0 spiro atoms. The van der Waals surface area contributed by atoms with Gasteiger partial charge in [0, 0.05) is 17.8 Å². The summed E-state index contributed by atoms with van der Waals surface area (Å²) in [5.41, 5.74) is 3.38. The van der Waals surface area contributed by atoms with Gasteiger partial charge in [-0.15, -0.1) is 11.3 Å². The monoisotopic (exact) mass is 467 g/mol. The van der Waals surface area contributed by atoms with Crippen molar-refractivity contribution in [1.29, 1.82) is 0 Å². The molecule has 1 amide bonds. The Morgan fingerprint density at radius 1 is 1.21 bits per heavy atom. The average molecular weight is 468 g/mol. The molecule has 1 fully saturated rings. The first kappa shape index (κ1) is 22.4. The molecule has 1 saturated carbocycles. The predicted octanol–water partition coefficient (Wildman–Crippen LogP) is 5.55. The van der Waals surface area contributed by atoms with Gasteiger partial charge in [0.15, 0.2) is 0 Å². The highest BCUT2D eigenvalue weighted by Crippen LogP contribution is 2.54. The summed E-state index contributed by atoms with van der Waals surface area (Å²) >= 11 is 1.79. The Bertz CT molecular complexity index is 1150. The molecular weight excluding hydrogens is 434 g/mol. The van der Waals surface area contributed by atoms with Crippen molar-refractivity contribution in [2.24, 2.45) is 0 Å². The van der Waals surface area contributed by atoms with Crippen LogP contribution in [0.15, 0.2) is 22.3 Å². The number of nitrogens with zero attached hydrogens (tertiary/aromatic N) is 2. The number of fused-ring (bicyclic) bond motifs is 1. The number of amides is 1. The third-order valence-corrected chi connectivity index (χ3v) is 8.04. The fourth-order valence-corrected chi connectivity index (χ4v) is 6.09. The molecule has 0 saturated heterocycles. The van der Waals surface area contributed by atoms with Gasteiger partial charge in [-0.05, 0) is 81.9 Å². The molecular formula is C26H33N3O3S. The van der Waals surface area contributed by atoms with Crippen molar-refractivity contribution in [3.8, 4) is 0 Å². The normalized spacial score (nSPS) is 20.0. The van der Waals surface area contributed by atoms with Crippen molar-refractivity contribution in [3.63, 3.8) is 0 Å². The largest absolute Gasteiger partial charge is 0.444 e. The predicted molar refractivity (Wildman–Crippen MR) is 131 cm³/mol. The van der Waals surface area contributed by atoms with Gasteiger partial charge >= 0.3 is 6.09 Å². The van der Waals surface area contributed by atoms with Crippen LogP contribution in [0.25, 0.3) is 5.57 Å². The maximum atomic E-state index is 13.1. The molecule has 0 aromatic carbocycles. The molecule has 1 aliphatic heterocycles. The topological polar surface area (TPSA) is 75.3 Å². The van der Waals surface area contributed by atoms with Crippen LogP contribution in [-0.2, 0) is 23.1 Å². The lowest BCUT2D eigenvalue weighted by Gasteiger charge is -2.30. The molecule has 3 heterocycles. The number of nitrogens with one attached hydrogen (secondary N) is 1. The van der Waals surface area contributed by atoms with Gasteiger partial charge in [0.2, 0.25) is 0 Å². The van der Waals surface area contributed by atoms with Gasteiger partial charge in [-0.25, -0.2) is 9.78 Å². The molecule has 1 N–H and O–H groups in total. The number of rotatable bonds is 3. The molecule has 176 valence electrons. The minimum atomic E-state index is -0.559. The maximum Gasteiger partial charge on any atom is 0.410 e. The third kappa shape index (κ3) is 4.52. The standard InChI is InChI=1S/C26H33N3O3S/c1-25(2,3)32-24(31)29-13-10-20-19(15-29)22(30)28-23(27-20)26(11-12-26)21-14-18(16-33-21)17-8-6-4-5-7-9-17/h8,14,16H,4-7,9-13,15H2,1-3H3,(H,27,28,30). The molecule has 0 unspecified atom stereocenters. The highest BCUT2D eigenvalue weighted by molar-refractivity contribution is 7.10. The zero-order valence-electron chi connectivity index (χ0n) is 19.8. The first-order chi connectivity index (χ1) is 15.7. The molecule has 7 heteroatoms. The number of ether oxygens (including phenoxy) is 1. The number of carbonyl (C=O) groups is 1. The Morgan fingerprint density at radius 2 is 2.03 bits per heavy atom. The summed E-state index contributed by atoms with van der Waals surface area (Å²) in [6.07, 6.45) is 10.8. The number of aromatic amines is 1.